The van der Waals surface area contributed by atoms with Crippen LogP contribution in [0.3, 0.4) is 0 Å². The van der Waals surface area contributed by atoms with Gasteiger partial charge in [-0.3, -0.25) is 4.90 Å². The summed E-state index contributed by atoms with van der Waals surface area (Å²) >= 11 is 0. The van der Waals surface area contributed by atoms with Crippen molar-refractivity contribution in [3.8, 4) is 0 Å². The zero-order valence-electron chi connectivity index (χ0n) is 10.3. The van der Waals surface area contributed by atoms with E-state index in [1.54, 1.807) is 0 Å². The molecule has 0 spiro atoms. The highest BCUT2D eigenvalue weighted by Gasteiger charge is 2.39. The van der Waals surface area contributed by atoms with Crippen molar-refractivity contribution in [1.82, 2.24) is 10.2 Å². The maximum absolute atomic E-state index is 11.8. The third-order valence-corrected chi connectivity index (χ3v) is 3.85. The lowest BCUT2D eigenvalue weighted by Crippen LogP contribution is -2.39. The molecule has 0 bridgehead atoms. The Kier molecular flexibility index (Phi) is 3.19. The highest BCUT2D eigenvalue weighted by Crippen LogP contribution is 2.25. The minimum absolute atomic E-state index is 0.171. The van der Waals surface area contributed by atoms with E-state index in [1.165, 1.54) is 0 Å². The van der Waals surface area contributed by atoms with Gasteiger partial charge >= 0.3 is 6.09 Å². The molecule has 96 valence electrons. The monoisotopic (exact) mass is 246 g/mol. The van der Waals surface area contributed by atoms with E-state index < -0.39 is 0 Å². The molecule has 0 radical (unpaired) electrons. The van der Waals surface area contributed by atoms with Gasteiger partial charge in [0, 0.05) is 13.1 Å². The number of carbonyl (C=O) groups is 1. The first kappa shape index (κ1) is 11.5. The SMILES string of the molecule is O=C1OCC(C2CCNC2)N1Cc1ccccc1. The number of cyclic esters (lactones) is 1. The van der Waals surface area contributed by atoms with E-state index in [0.29, 0.717) is 19.1 Å². The topological polar surface area (TPSA) is 41.6 Å². The summed E-state index contributed by atoms with van der Waals surface area (Å²) in [6.45, 7) is 3.24. The Bertz CT molecular complexity index is 415. The van der Waals surface area contributed by atoms with Gasteiger partial charge in [0.25, 0.3) is 0 Å². The summed E-state index contributed by atoms with van der Waals surface area (Å²) in [5.74, 6) is 0.528. The molecule has 2 atom stereocenters. The van der Waals surface area contributed by atoms with Gasteiger partial charge in [-0.1, -0.05) is 30.3 Å². The average molecular weight is 246 g/mol. The van der Waals surface area contributed by atoms with Crippen LogP contribution in [-0.2, 0) is 11.3 Å². The van der Waals surface area contributed by atoms with Crippen LogP contribution in [0.5, 0.6) is 0 Å². The summed E-state index contributed by atoms with van der Waals surface area (Å²) in [4.78, 5) is 13.7. The Balaban J connectivity index is 1.73. The van der Waals surface area contributed by atoms with Gasteiger partial charge in [-0.15, -0.1) is 0 Å². The van der Waals surface area contributed by atoms with Gasteiger partial charge in [-0.25, -0.2) is 4.79 Å². The van der Waals surface area contributed by atoms with Crippen LogP contribution in [0.25, 0.3) is 0 Å². The standard InChI is InChI=1S/C14H18N2O2/c17-14-16(9-11-4-2-1-3-5-11)13(10-18-14)12-6-7-15-8-12/h1-5,12-13,15H,6-10H2. The molecule has 4 nitrogen and oxygen atoms in total. The van der Waals surface area contributed by atoms with E-state index >= 15 is 0 Å². The van der Waals surface area contributed by atoms with Crippen molar-refractivity contribution in [3.05, 3.63) is 35.9 Å². The van der Waals surface area contributed by atoms with Crippen molar-refractivity contribution in [2.24, 2.45) is 5.92 Å². The Labute approximate surface area is 107 Å². The lowest BCUT2D eigenvalue weighted by Gasteiger charge is -2.25. The molecule has 1 aromatic rings. The highest BCUT2D eigenvalue weighted by molar-refractivity contribution is 5.70. The number of hydrogen-bond acceptors (Lipinski definition) is 3. The van der Waals surface area contributed by atoms with Gasteiger partial charge in [0.2, 0.25) is 0 Å². The second kappa shape index (κ2) is 4.98. The number of carbonyl (C=O) groups excluding carboxylic acids is 1. The molecule has 1 aromatic carbocycles. The van der Waals surface area contributed by atoms with Crippen LogP contribution >= 0.6 is 0 Å². The largest absolute Gasteiger partial charge is 0.447 e. The van der Waals surface area contributed by atoms with Gasteiger partial charge in [0.1, 0.15) is 6.61 Å². The quantitative estimate of drug-likeness (QED) is 0.881. The number of nitrogens with one attached hydrogen (secondary N) is 1. The summed E-state index contributed by atoms with van der Waals surface area (Å²) in [6.07, 6.45) is 0.961. The summed E-state index contributed by atoms with van der Waals surface area (Å²) in [5.41, 5.74) is 1.16. The van der Waals surface area contributed by atoms with Crippen LogP contribution in [0.1, 0.15) is 12.0 Å². The number of benzene rings is 1. The third-order valence-electron chi connectivity index (χ3n) is 3.85. The first-order chi connectivity index (χ1) is 8.84. The number of rotatable bonds is 3. The van der Waals surface area contributed by atoms with Crippen molar-refractivity contribution < 1.29 is 9.53 Å². The maximum atomic E-state index is 11.8. The predicted octanol–water partition coefficient (Wildman–Crippen LogP) is 1.62. The van der Waals surface area contributed by atoms with E-state index in [9.17, 15) is 4.79 Å². The molecule has 2 aliphatic heterocycles. The number of ether oxygens (including phenoxy) is 1. The van der Waals surface area contributed by atoms with Crippen LogP contribution in [0.2, 0.25) is 0 Å². The van der Waals surface area contributed by atoms with Crippen molar-refractivity contribution in [2.75, 3.05) is 19.7 Å². The van der Waals surface area contributed by atoms with E-state index in [4.69, 9.17) is 4.74 Å². The zero-order chi connectivity index (χ0) is 12.4. The molecule has 0 aromatic heterocycles. The van der Waals surface area contributed by atoms with E-state index in [0.717, 1.165) is 25.1 Å². The molecule has 0 aliphatic carbocycles. The average Bonchev–Trinajstić information content (AvgIpc) is 3.02. The van der Waals surface area contributed by atoms with Crippen LogP contribution in [0.4, 0.5) is 4.79 Å². The third kappa shape index (κ3) is 2.20. The van der Waals surface area contributed by atoms with Crippen molar-refractivity contribution in [1.29, 1.82) is 0 Å². The van der Waals surface area contributed by atoms with Crippen LogP contribution in [0.15, 0.2) is 30.3 Å². The molecule has 0 saturated carbocycles. The van der Waals surface area contributed by atoms with Gasteiger partial charge in [0.05, 0.1) is 6.04 Å². The van der Waals surface area contributed by atoms with Crippen molar-refractivity contribution in [2.45, 2.75) is 19.0 Å². The van der Waals surface area contributed by atoms with Gasteiger partial charge in [-0.05, 0) is 24.4 Å². The van der Waals surface area contributed by atoms with Crippen LogP contribution < -0.4 is 5.32 Å². The lowest BCUT2D eigenvalue weighted by molar-refractivity contribution is 0.154. The Hall–Kier alpha value is -1.55. The maximum Gasteiger partial charge on any atom is 0.410 e. The van der Waals surface area contributed by atoms with E-state index in [1.807, 2.05) is 23.1 Å². The summed E-state index contributed by atoms with van der Waals surface area (Å²) in [7, 11) is 0. The van der Waals surface area contributed by atoms with Crippen LogP contribution in [0, 0.1) is 5.92 Å². The number of hydrogen-bond donors (Lipinski definition) is 1. The predicted molar refractivity (Wildman–Crippen MR) is 68.1 cm³/mol. The Morgan fingerprint density at radius 2 is 2.17 bits per heavy atom. The molecule has 1 amide bonds. The fourth-order valence-corrected chi connectivity index (χ4v) is 2.82. The van der Waals surface area contributed by atoms with Gasteiger partial charge in [0.15, 0.2) is 0 Å². The van der Waals surface area contributed by atoms with Gasteiger partial charge in [-0.2, -0.15) is 0 Å². The molecular weight excluding hydrogens is 228 g/mol. The first-order valence-electron chi connectivity index (χ1n) is 6.52. The Morgan fingerprint density at radius 1 is 1.33 bits per heavy atom. The second-order valence-electron chi connectivity index (χ2n) is 5.01. The molecule has 2 aliphatic rings. The minimum Gasteiger partial charge on any atom is -0.447 e. The smallest absolute Gasteiger partial charge is 0.410 e. The highest BCUT2D eigenvalue weighted by atomic mass is 16.6. The molecule has 18 heavy (non-hydrogen) atoms. The van der Waals surface area contributed by atoms with Gasteiger partial charge < -0.3 is 10.1 Å². The normalized spacial score (nSPS) is 27.6. The molecular formula is C14H18N2O2. The Morgan fingerprint density at radius 3 is 2.89 bits per heavy atom. The summed E-state index contributed by atoms with van der Waals surface area (Å²) < 4.78 is 5.22. The molecule has 4 heteroatoms. The summed E-state index contributed by atoms with van der Waals surface area (Å²) in [6, 6.07) is 10.3. The molecule has 1 N–H and O–H groups in total. The van der Waals surface area contributed by atoms with Crippen molar-refractivity contribution in [3.63, 3.8) is 0 Å². The summed E-state index contributed by atoms with van der Waals surface area (Å²) in [5, 5.41) is 3.35. The van der Waals surface area contributed by atoms with E-state index in [-0.39, 0.29) is 12.1 Å². The molecule has 2 heterocycles. The minimum atomic E-state index is -0.171. The van der Waals surface area contributed by atoms with E-state index in [2.05, 4.69) is 17.4 Å². The number of nitrogens with zero attached hydrogens (tertiary/aromatic N) is 1. The molecule has 2 saturated heterocycles. The molecule has 3 rings (SSSR count). The van der Waals surface area contributed by atoms with Crippen LogP contribution in [-0.4, -0.2) is 36.7 Å². The number of amides is 1. The lowest BCUT2D eigenvalue weighted by atomic mass is 9.98. The zero-order valence-corrected chi connectivity index (χ0v) is 10.3. The molecule has 2 unspecified atom stereocenters. The van der Waals surface area contributed by atoms with Crippen molar-refractivity contribution >= 4 is 6.09 Å². The fraction of sp³-hybridized carbons (Fsp3) is 0.500. The first-order valence-corrected chi connectivity index (χ1v) is 6.52. The fourth-order valence-electron chi connectivity index (χ4n) is 2.82. The second-order valence-corrected chi connectivity index (χ2v) is 5.01. The molecule has 2 fully saturated rings.